The van der Waals surface area contributed by atoms with E-state index >= 15 is 0 Å². The van der Waals surface area contributed by atoms with Gasteiger partial charge in [-0.25, -0.2) is 9.78 Å². The van der Waals surface area contributed by atoms with Gasteiger partial charge in [0.1, 0.15) is 12.3 Å². The maximum absolute atomic E-state index is 12.4. The van der Waals surface area contributed by atoms with Crippen LogP contribution in [0.2, 0.25) is 0 Å². The molecule has 0 radical (unpaired) electrons. The number of carboxylic acid groups (broad SMARTS) is 1. The summed E-state index contributed by atoms with van der Waals surface area (Å²) in [6, 6.07) is 15.9. The lowest BCUT2D eigenvalue weighted by atomic mass is 9.98. The van der Waals surface area contributed by atoms with Crippen molar-refractivity contribution in [1.82, 2.24) is 10.3 Å². The fourth-order valence-corrected chi connectivity index (χ4v) is 4.54. The maximum Gasteiger partial charge on any atom is 0.413 e. The van der Waals surface area contributed by atoms with Crippen LogP contribution in [-0.4, -0.2) is 40.7 Å². The van der Waals surface area contributed by atoms with E-state index in [1.165, 1.54) is 5.38 Å². The van der Waals surface area contributed by atoms with Crippen molar-refractivity contribution in [2.75, 3.05) is 11.9 Å². The molecule has 0 aliphatic heterocycles. The molecule has 1 atom stereocenters. The molecule has 0 fully saturated rings. The van der Waals surface area contributed by atoms with Gasteiger partial charge in [0, 0.05) is 23.8 Å². The molecule has 1 heterocycles. The topological polar surface area (TPSA) is 118 Å². The van der Waals surface area contributed by atoms with E-state index in [-0.39, 0.29) is 35.8 Å². The van der Waals surface area contributed by atoms with Gasteiger partial charge in [0.25, 0.3) is 5.91 Å². The van der Waals surface area contributed by atoms with Crippen molar-refractivity contribution in [3.05, 3.63) is 70.7 Å². The molecule has 8 nitrogen and oxygen atoms in total. The summed E-state index contributed by atoms with van der Waals surface area (Å²) in [6.45, 7) is 1.91. The number of fused-ring (bicyclic) bond motifs is 3. The zero-order valence-corrected chi connectivity index (χ0v) is 18.7. The van der Waals surface area contributed by atoms with Crippen LogP contribution >= 0.6 is 11.3 Å². The summed E-state index contributed by atoms with van der Waals surface area (Å²) in [6.07, 6.45) is -0.364. The van der Waals surface area contributed by atoms with Gasteiger partial charge in [-0.15, -0.1) is 11.3 Å². The molecule has 1 aliphatic rings. The Morgan fingerprint density at radius 3 is 2.36 bits per heavy atom. The number of carbonyl (C=O) groups excluding carboxylic acids is 2. The van der Waals surface area contributed by atoms with Gasteiger partial charge in [-0.3, -0.25) is 14.9 Å². The Balaban J connectivity index is 1.33. The second-order valence-corrected chi connectivity index (χ2v) is 8.65. The molecule has 3 aromatic rings. The number of nitrogens with zero attached hydrogens (tertiary/aromatic N) is 1. The summed E-state index contributed by atoms with van der Waals surface area (Å²) in [5, 5.41) is 15.8. The minimum atomic E-state index is -0.917. The third-order valence-corrected chi connectivity index (χ3v) is 6.22. The molecule has 1 aliphatic carbocycles. The number of hydrogen-bond donors (Lipinski definition) is 3. The number of hydrogen-bond acceptors (Lipinski definition) is 6. The number of carboxylic acids is 1. The van der Waals surface area contributed by atoms with Gasteiger partial charge in [-0.1, -0.05) is 48.5 Å². The third kappa shape index (κ3) is 5.20. The van der Waals surface area contributed by atoms with E-state index in [1.807, 2.05) is 36.4 Å². The summed E-state index contributed by atoms with van der Waals surface area (Å²) < 4.78 is 5.49. The molecule has 170 valence electrons. The van der Waals surface area contributed by atoms with Crippen molar-refractivity contribution >= 4 is 34.4 Å². The van der Waals surface area contributed by atoms with Crippen LogP contribution in [0.25, 0.3) is 11.1 Å². The van der Waals surface area contributed by atoms with E-state index in [0.29, 0.717) is 6.42 Å². The Labute approximate surface area is 194 Å². The largest absolute Gasteiger partial charge is 0.481 e. The summed E-state index contributed by atoms with van der Waals surface area (Å²) in [5.74, 6) is -1.39. The molecule has 0 saturated heterocycles. The highest BCUT2D eigenvalue weighted by Gasteiger charge is 2.29. The molecule has 0 spiro atoms. The van der Waals surface area contributed by atoms with Crippen molar-refractivity contribution in [3.8, 4) is 11.1 Å². The van der Waals surface area contributed by atoms with Crippen LogP contribution in [0.5, 0.6) is 0 Å². The Morgan fingerprint density at radius 2 is 1.73 bits per heavy atom. The maximum atomic E-state index is 12.4. The van der Waals surface area contributed by atoms with E-state index in [4.69, 9.17) is 9.84 Å². The number of thiazole rings is 1. The standard InChI is InChI=1S/C24H23N3O5S/c1-14(10-11-21(28)29)25-22(30)20-13-33-23(26-20)27-24(31)32-12-19-17-8-4-2-6-15(17)16-7-3-5-9-18(16)19/h2-9,13-14,19H,10-12H2,1H3,(H,25,30)(H,28,29)(H,26,27,31). The SMILES string of the molecule is CC(CCC(=O)O)NC(=O)c1csc(NC(=O)OCC2c3ccccc3-c3ccccc32)n1. The van der Waals surface area contributed by atoms with E-state index in [9.17, 15) is 14.4 Å². The van der Waals surface area contributed by atoms with E-state index in [1.54, 1.807) is 6.92 Å². The second kappa shape index (κ2) is 9.83. The highest BCUT2D eigenvalue weighted by atomic mass is 32.1. The zero-order valence-electron chi connectivity index (χ0n) is 17.9. The summed E-state index contributed by atoms with van der Waals surface area (Å²) in [5.41, 5.74) is 4.69. The van der Waals surface area contributed by atoms with E-state index < -0.39 is 18.0 Å². The van der Waals surface area contributed by atoms with Gasteiger partial charge in [0.2, 0.25) is 0 Å². The molecule has 0 saturated carbocycles. The number of nitrogens with one attached hydrogen (secondary N) is 2. The smallest absolute Gasteiger partial charge is 0.413 e. The van der Waals surface area contributed by atoms with Gasteiger partial charge in [0.05, 0.1) is 0 Å². The Hall–Kier alpha value is -3.72. The Kier molecular flexibility index (Phi) is 6.69. The quantitative estimate of drug-likeness (QED) is 0.451. The van der Waals surface area contributed by atoms with E-state index in [2.05, 4.69) is 27.8 Å². The first-order chi connectivity index (χ1) is 15.9. The monoisotopic (exact) mass is 465 g/mol. The molecule has 0 bridgehead atoms. The lowest BCUT2D eigenvalue weighted by Gasteiger charge is -2.14. The van der Waals surface area contributed by atoms with Gasteiger partial charge in [-0.05, 0) is 35.6 Å². The molecular formula is C24H23N3O5S. The van der Waals surface area contributed by atoms with Gasteiger partial charge < -0.3 is 15.2 Å². The van der Waals surface area contributed by atoms with Gasteiger partial charge in [-0.2, -0.15) is 0 Å². The second-order valence-electron chi connectivity index (χ2n) is 7.80. The first-order valence-corrected chi connectivity index (χ1v) is 11.4. The number of ether oxygens (including phenoxy) is 1. The number of anilines is 1. The Morgan fingerprint density at radius 1 is 1.09 bits per heavy atom. The van der Waals surface area contributed by atoms with Crippen molar-refractivity contribution in [3.63, 3.8) is 0 Å². The fraction of sp³-hybridized carbons (Fsp3) is 0.250. The molecule has 2 aromatic carbocycles. The van der Waals surface area contributed by atoms with E-state index in [0.717, 1.165) is 33.6 Å². The molecule has 4 rings (SSSR count). The minimum Gasteiger partial charge on any atom is -0.481 e. The lowest BCUT2D eigenvalue weighted by molar-refractivity contribution is -0.137. The van der Waals surface area contributed by atoms with Gasteiger partial charge >= 0.3 is 12.1 Å². The van der Waals surface area contributed by atoms with Crippen LogP contribution in [-0.2, 0) is 9.53 Å². The van der Waals surface area contributed by atoms with Gasteiger partial charge in [0.15, 0.2) is 5.13 Å². The highest BCUT2D eigenvalue weighted by molar-refractivity contribution is 7.14. The first kappa shape index (κ1) is 22.5. The first-order valence-electron chi connectivity index (χ1n) is 10.5. The number of aromatic nitrogens is 1. The number of benzene rings is 2. The van der Waals surface area contributed by atoms with Crippen molar-refractivity contribution in [2.45, 2.75) is 31.7 Å². The van der Waals surface area contributed by atoms with Crippen LogP contribution in [0.4, 0.5) is 9.93 Å². The molecule has 1 unspecified atom stereocenters. The predicted molar refractivity (Wildman–Crippen MR) is 125 cm³/mol. The third-order valence-electron chi connectivity index (χ3n) is 5.46. The van der Waals surface area contributed by atoms with Crippen molar-refractivity contribution in [1.29, 1.82) is 0 Å². The lowest BCUT2D eigenvalue weighted by Crippen LogP contribution is -2.33. The normalized spacial score (nSPS) is 13.0. The van der Waals surface area contributed by atoms with Crippen molar-refractivity contribution < 1.29 is 24.2 Å². The van der Waals surface area contributed by atoms with Crippen LogP contribution in [0.15, 0.2) is 53.9 Å². The number of carbonyl (C=O) groups is 3. The average molecular weight is 466 g/mol. The van der Waals surface area contributed by atoms with Crippen LogP contribution in [0.3, 0.4) is 0 Å². The molecule has 1 aromatic heterocycles. The Bertz CT molecular complexity index is 1150. The molecular weight excluding hydrogens is 442 g/mol. The summed E-state index contributed by atoms with van der Waals surface area (Å²) in [7, 11) is 0. The number of aliphatic carboxylic acids is 1. The summed E-state index contributed by atoms with van der Waals surface area (Å²) >= 11 is 1.11. The van der Waals surface area contributed by atoms with Crippen molar-refractivity contribution in [2.24, 2.45) is 0 Å². The highest BCUT2D eigenvalue weighted by Crippen LogP contribution is 2.44. The average Bonchev–Trinajstić information content (AvgIpc) is 3.39. The number of rotatable bonds is 8. The van der Waals surface area contributed by atoms with Crippen LogP contribution in [0, 0.1) is 0 Å². The van der Waals surface area contributed by atoms with Crippen LogP contribution < -0.4 is 10.6 Å². The molecule has 9 heteroatoms. The van der Waals surface area contributed by atoms with Crippen LogP contribution in [0.1, 0.15) is 47.3 Å². The minimum absolute atomic E-state index is 0.0346. The molecule has 33 heavy (non-hydrogen) atoms. The number of amides is 2. The summed E-state index contributed by atoms with van der Waals surface area (Å²) in [4.78, 5) is 39.4. The fourth-order valence-electron chi connectivity index (χ4n) is 3.87. The molecule has 2 amide bonds. The zero-order chi connectivity index (χ0) is 23.4. The predicted octanol–water partition coefficient (Wildman–Crippen LogP) is 4.49. The molecule has 3 N–H and O–H groups in total.